The molecule has 0 fully saturated rings. The molecule has 4 nitrogen and oxygen atoms in total. The van der Waals surface area contributed by atoms with Gasteiger partial charge in [-0.3, -0.25) is 0 Å². The summed E-state index contributed by atoms with van der Waals surface area (Å²) < 4.78 is 0.766. The topological polar surface area (TPSA) is 65.8 Å². The van der Waals surface area contributed by atoms with Gasteiger partial charge in [0.25, 0.3) is 0 Å². The standard InChI is InChI=1S/C8H7N3O/c9-8-4-3-7-6(10-8)2-1-5-11(7)12/h1-5H,(H2,9,10). The third-order valence-electron chi connectivity index (χ3n) is 1.64. The van der Waals surface area contributed by atoms with Gasteiger partial charge in [-0.1, -0.05) is 0 Å². The molecule has 0 aliphatic heterocycles. The van der Waals surface area contributed by atoms with E-state index >= 15 is 0 Å². The Morgan fingerprint density at radius 1 is 1.33 bits per heavy atom. The lowest BCUT2D eigenvalue weighted by atomic mass is 10.3. The Bertz CT molecular complexity index is 428. The van der Waals surface area contributed by atoms with Crippen molar-refractivity contribution in [3.05, 3.63) is 35.7 Å². The van der Waals surface area contributed by atoms with Crippen LogP contribution in [0.1, 0.15) is 0 Å². The molecule has 0 amide bonds. The summed E-state index contributed by atoms with van der Waals surface area (Å²) in [5.74, 6) is 0.425. The maximum absolute atomic E-state index is 11.1. The zero-order chi connectivity index (χ0) is 8.55. The molecule has 0 aliphatic carbocycles. The van der Waals surface area contributed by atoms with Crippen LogP contribution < -0.4 is 10.5 Å². The van der Waals surface area contributed by atoms with Gasteiger partial charge in [-0.05, 0) is 12.1 Å². The van der Waals surface area contributed by atoms with Crippen LogP contribution in [0.4, 0.5) is 5.82 Å². The molecule has 2 aromatic heterocycles. The third-order valence-corrected chi connectivity index (χ3v) is 1.64. The van der Waals surface area contributed by atoms with Crippen LogP contribution in [-0.4, -0.2) is 4.98 Å². The average Bonchev–Trinajstić information content (AvgIpc) is 2.04. The number of pyridine rings is 2. The molecule has 60 valence electrons. The lowest BCUT2D eigenvalue weighted by molar-refractivity contribution is -0.577. The molecule has 0 atom stereocenters. The van der Waals surface area contributed by atoms with Crippen LogP contribution in [0.5, 0.6) is 0 Å². The van der Waals surface area contributed by atoms with Crippen LogP contribution in [0.2, 0.25) is 0 Å². The van der Waals surface area contributed by atoms with Gasteiger partial charge in [0.15, 0.2) is 6.20 Å². The molecule has 0 spiro atoms. The maximum atomic E-state index is 11.1. The first-order valence-electron chi connectivity index (χ1n) is 3.52. The minimum absolute atomic E-state index is 0.425. The third kappa shape index (κ3) is 0.934. The SMILES string of the molecule is Nc1ccc2c(ccc[n+]2[O-])n1. The van der Waals surface area contributed by atoms with Crippen LogP contribution in [0.3, 0.4) is 0 Å². The highest BCUT2D eigenvalue weighted by atomic mass is 16.5. The average molecular weight is 161 g/mol. The monoisotopic (exact) mass is 161 g/mol. The fraction of sp³-hybridized carbons (Fsp3) is 0. The van der Waals surface area contributed by atoms with Gasteiger partial charge in [-0.25, -0.2) is 4.98 Å². The molecule has 4 heteroatoms. The van der Waals surface area contributed by atoms with Gasteiger partial charge in [-0.2, -0.15) is 4.73 Å². The van der Waals surface area contributed by atoms with Crippen molar-refractivity contribution in [3.63, 3.8) is 0 Å². The van der Waals surface area contributed by atoms with Gasteiger partial charge in [0.2, 0.25) is 5.52 Å². The first kappa shape index (κ1) is 6.84. The van der Waals surface area contributed by atoms with Crippen LogP contribution in [-0.2, 0) is 0 Å². The summed E-state index contributed by atoms with van der Waals surface area (Å²) in [5, 5.41) is 11.1. The van der Waals surface area contributed by atoms with E-state index in [1.54, 1.807) is 24.3 Å². The molecular weight excluding hydrogens is 154 g/mol. The zero-order valence-corrected chi connectivity index (χ0v) is 6.27. The van der Waals surface area contributed by atoms with Crippen molar-refractivity contribution in [2.24, 2.45) is 0 Å². The Morgan fingerprint density at radius 3 is 3.00 bits per heavy atom. The van der Waals surface area contributed by atoms with Gasteiger partial charge in [0.1, 0.15) is 11.3 Å². The van der Waals surface area contributed by atoms with E-state index in [-0.39, 0.29) is 0 Å². The lowest BCUT2D eigenvalue weighted by Gasteiger charge is -1.99. The normalized spacial score (nSPS) is 10.3. The summed E-state index contributed by atoms with van der Waals surface area (Å²) >= 11 is 0. The smallest absolute Gasteiger partial charge is 0.242 e. The van der Waals surface area contributed by atoms with Crippen molar-refractivity contribution in [2.75, 3.05) is 5.73 Å². The first-order valence-corrected chi connectivity index (χ1v) is 3.52. The van der Waals surface area contributed by atoms with E-state index in [0.29, 0.717) is 16.9 Å². The van der Waals surface area contributed by atoms with Crippen molar-refractivity contribution >= 4 is 16.9 Å². The number of rotatable bonds is 0. The highest BCUT2D eigenvalue weighted by molar-refractivity contribution is 5.72. The number of fused-ring (bicyclic) bond motifs is 1. The molecule has 0 saturated heterocycles. The number of nitrogens with two attached hydrogens (primary N) is 1. The van der Waals surface area contributed by atoms with Gasteiger partial charge < -0.3 is 10.9 Å². The van der Waals surface area contributed by atoms with E-state index in [4.69, 9.17) is 5.73 Å². The predicted molar refractivity (Wildman–Crippen MR) is 45.1 cm³/mol. The minimum atomic E-state index is 0.425. The Balaban J connectivity index is 2.86. The van der Waals surface area contributed by atoms with Crippen LogP contribution in [0, 0.1) is 5.21 Å². The molecule has 2 heterocycles. The molecule has 0 bridgehead atoms. The van der Waals surface area contributed by atoms with Gasteiger partial charge in [0.05, 0.1) is 0 Å². The van der Waals surface area contributed by atoms with E-state index in [1.165, 1.54) is 6.20 Å². The highest BCUT2D eigenvalue weighted by Crippen LogP contribution is 2.07. The van der Waals surface area contributed by atoms with E-state index < -0.39 is 0 Å². The molecule has 0 saturated carbocycles. The lowest BCUT2D eigenvalue weighted by Crippen LogP contribution is -2.25. The molecule has 2 N–H and O–H groups in total. The Labute approximate surface area is 68.9 Å². The second kappa shape index (κ2) is 2.34. The summed E-state index contributed by atoms with van der Waals surface area (Å²) in [6.45, 7) is 0. The quantitative estimate of drug-likeness (QED) is 0.450. The number of nitrogens with zero attached hydrogens (tertiary/aromatic N) is 2. The maximum Gasteiger partial charge on any atom is 0.242 e. The van der Waals surface area contributed by atoms with Crippen molar-refractivity contribution in [2.45, 2.75) is 0 Å². The molecule has 0 radical (unpaired) electrons. The summed E-state index contributed by atoms with van der Waals surface area (Å²) in [6, 6.07) is 6.66. The number of nitrogen functional groups attached to an aromatic ring is 1. The fourth-order valence-corrected chi connectivity index (χ4v) is 1.08. The van der Waals surface area contributed by atoms with Crippen molar-refractivity contribution in [1.82, 2.24) is 4.98 Å². The number of hydrogen-bond acceptors (Lipinski definition) is 3. The molecule has 0 unspecified atom stereocenters. The van der Waals surface area contributed by atoms with Crippen LogP contribution >= 0.6 is 0 Å². The Hall–Kier alpha value is -1.84. The second-order valence-corrected chi connectivity index (χ2v) is 2.47. The van der Waals surface area contributed by atoms with Crippen molar-refractivity contribution in [1.29, 1.82) is 0 Å². The Morgan fingerprint density at radius 2 is 2.17 bits per heavy atom. The molecule has 0 aliphatic rings. The van der Waals surface area contributed by atoms with Crippen LogP contribution in [0.15, 0.2) is 30.5 Å². The van der Waals surface area contributed by atoms with Crippen LogP contribution in [0.25, 0.3) is 11.0 Å². The number of hydrogen-bond donors (Lipinski definition) is 1. The number of anilines is 1. The second-order valence-electron chi connectivity index (χ2n) is 2.47. The molecule has 2 rings (SSSR count). The molecule has 0 aromatic carbocycles. The fourth-order valence-electron chi connectivity index (χ4n) is 1.08. The summed E-state index contributed by atoms with van der Waals surface area (Å²) in [5.41, 5.74) is 6.60. The van der Waals surface area contributed by atoms with Crippen molar-refractivity contribution in [3.8, 4) is 0 Å². The van der Waals surface area contributed by atoms with E-state index in [0.717, 1.165) is 4.73 Å². The van der Waals surface area contributed by atoms with Crippen molar-refractivity contribution < 1.29 is 4.73 Å². The van der Waals surface area contributed by atoms with Gasteiger partial charge in [-0.15, -0.1) is 0 Å². The molecule has 12 heavy (non-hydrogen) atoms. The van der Waals surface area contributed by atoms with E-state index in [2.05, 4.69) is 4.98 Å². The predicted octanol–water partition coefficient (Wildman–Crippen LogP) is 0.450. The first-order chi connectivity index (χ1) is 5.77. The summed E-state index contributed by atoms with van der Waals surface area (Å²) in [4.78, 5) is 3.99. The summed E-state index contributed by atoms with van der Waals surface area (Å²) in [7, 11) is 0. The highest BCUT2D eigenvalue weighted by Gasteiger charge is 2.02. The largest absolute Gasteiger partial charge is 0.618 e. The van der Waals surface area contributed by atoms with Gasteiger partial charge >= 0.3 is 0 Å². The zero-order valence-electron chi connectivity index (χ0n) is 6.27. The molecular formula is C8H7N3O. The van der Waals surface area contributed by atoms with Gasteiger partial charge in [0, 0.05) is 12.1 Å². The summed E-state index contributed by atoms with van der Waals surface area (Å²) in [6.07, 6.45) is 1.43. The number of aromatic nitrogens is 2. The minimum Gasteiger partial charge on any atom is -0.618 e. The van der Waals surface area contributed by atoms with E-state index in [9.17, 15) is 5.21 Å². The molecule has 2 aromatic rings. The van der Waals surface area contributed by atoms with E-state index in [1.807, 2.05) is 0 Å². The Kier molecular flexibility index (Phi) is 1.33.